The van der Waals surface area contributed by atoms with Crippen LogP contribution < -0.4 is 9.47 Å². The fourth-order valence-corrected chi connectivity index (χ4v) is 1.48. The zero-order valence-corrected chi connectivity index (χ0v) is 10.2. The zero-order valence-electron chi connectivity index (χ0n) is 10.2. The quantitative estimate of drug-likeness (QED) is 0.588. The summed E-state index contributed by atoms with van der Waals surface area (Å²) >= 11 is 0. The topological polar surface area (TPSA) is 87.6 Å². The van der Waals surface area contributed by atoms with Crippen molar-refractivity contribution in [2.75, 3.05) is 6.61 Å². The minimum atomic E-state index is -0.494. The van der Waals surface area contributed by atoms with Gasteiger partial charge in [0.05, 0.1) is 11.5 Å². The maximum absolute atomic E-state index is 10.8. The molecule has 7 nitrogen and oxygen atoms in total. The van der Waals surface area contributed by atoms with E-state index >= 15 is 0 Å². The summed E-state index contributed by atoms with van der Waals surface area (Å²) in [5.41, 5.74) is 0.548. The first kappa shape index (κ1) is 12.9. The van der Waals surface area contributed by atoms with Gasteiger partial charge in [-0.15, -0.1) is 0 Å². The fourth-order valence-electron chi connectivity index (χ4n) is 1.48. The highest BCUT2D eigenvalue weighted by Gasteiger charge is 2.15. The molecule has 100 valence electrons. The number of rotatable bonds is 6. The van der Waals surface area contributed by atoms with Crippen molar-refractivity contribution in [3.05, 3.63) is 46.3 Å². The van der Waals surface area contributed by atoms with Crippen LogP contribution in [0.2, 0.25) is 0 Å². The Kier molecular flexibility index (Phi) is 3.97. The Morgan fingerprint density at radius 1 is 1.37 bits per heavy atom. The van der Waals surface area contributed by atoms with Crippen molar-refractivity contribution in [2.45, 2.75) is 13.5 Å². The summed E-state index contributed by atoms with van der Waals surface area (Å²) in [6.07, 6.45) is 1.44. The van der Waals surface area contributed by atoms with Gasteiger partial charge < -0.3 is 14.0 Å². The van der Waals surface area contributed by atoms with Crippen LogP contribution in [0.4, 0.5) is 5.69 Å². The zero-order chi connectivity index (χ0) is 13.7. The van der Waals surface area contributed by atoms with E-state index in [-0.39, 0.29) is 18.0 Å². The van der Waals surface area contributed by atoms with Gasteiger partial charge in [-0.3, -0.25) is 10.1 Å². The highest BCUT2D eigenvalue weighted by molar-refractivity contribution is 5.50. The van der Waals surface area contributed by atoms with Crippen molar-refractivity contribution in [3.63, 3.8) is 0 Å². The molecule has 0 fully saturated rings. The Morgan fingerprint density at radius 3 is 2.84 bits per heavy atom. The molecule has 0 bridgehead atoms. The van der Waals surface area contributed by atoms with Crippen LogP contribution in [0.15, 0.2) is 35.1 Å². The van der Waals surface area contributed by atoms with E-state index < -0.39 is 4.92 Å². The fraction of sp³-hybridized carbons (Fsp3) is 0.250. The molecule has 0 amide bonds. The van der Waals surface area contributed by atoms with Gasteiger partial charge in [-0.25, -0.2) is 0 Å². The molecule has 0 aliphatic carbocycles. The Bertz CT molecular complexity index is 553. The van der Waals surface area contributed by atoms with E-state index in [1.54, 1.807) is 13.0 Å². The van der Waals surface area contributed by atoms with Crippen LogP contribution in [0.1, 0.15) is 12.6 Å². The molecule has 1 aromatic carbocycles. The summed E-state index contributed by atoms with van der Waals surface area (Å²) in [7, 11) is 0. The first-order valence-electron chi connectivity index (χ1n) is 5.64. The predicted octanol–water partition coefficient (Wildman–Crippen LogP) is 2.56. The van der Waals surface area contributed by atoms with Gasteiger partial charge in [0.15, 0.2) is 0 Å². The average Bonchev–Trinajstić information content (AvgIpc) is 2.90. The van der Waals surface area contributed by atoms with Gasteiger partial charge in [-0.1, -0.05) is 5.16 Å². The maximum Gasteiger partial charge on any atom is 0.311 e. The van der Waals surface area contributed by atoms with Gasteiger partial charge >= 0.3 is 5.69 Å². The highest BCUT2D eigenvalue weighted by Crippen LogP contribution is 2.31. The lowest BCUT2D eigenvalue weighted by Crippen LogP contribution is -2.00. The minimum absolute atomic E-state index is 0.0874. The summed E-state index contributed by atoms with van der Waals surface area (Å²) in [4.78, 5) is 10.3. The van der Waals surface area contributed by atoms with E-state index in [0.717, 1.165) is 0 Å². The highest BCUT2D eigenvalue weighted by atomic mass is 16.6. The molecule has 0 aliphatic heterocycles. The molecule has 0 aliphatic rings. The van der Waals surface area contributed by atoms with Crippen LogP contribution in [-0.2, 0) is 6.61 Å². The second-order valence-corrected chi connectivity index (χ2v) is 3.60. The van der Waals surface area contributed by atoms with E-state index in [4.69, 9.17) is 9.47 Å². The lowest BCUT2D eigenvalue weighted by molar-refractivity contribution is -0.385. The molecular weight excluding hydrogens is 252 g/mol. The largest absolute Gasteiger partial charge is 0.487 e. The minimum Gasteiger partial charge on any atom is -0.487 e. The van der Waals surface area contributed by atoms with Crippen LogP contribution in [0, 0.1) is 10.1 Å². The molecule has 0 atom stereocenters. The maximum atomic E-state index is 10.8. The predicted molar refractivity (Wildman–Crippen MR) is 65.1 cm³/mol. The Labute approximate surface area is 108 Å². The van der Waals surface area contributed by atoms with Gasteiger partial charge in [0.25, 0.3) is 0 Å². The second kappa shape index (κ2) is 5.85. The number of hydrogen-bond donors (Lipinski definition) is 0. The number of nitrogens with zero attached hydrogens (tertiary/aromatic N) is 2. The first-order valence-corrected chi connectivity index (χ1v) is 5.64. The third-order valence-electron chi connectivity index (χ3n) is 2.31. The summed E-state index contributed by atoms with van der Waals surface area (Å²) < 4.78 is 15.3. The van der Waals surface area contributed by atoms with Crippen LogP contribution in [0.25, 0.3) is 0 Å². The summed E-state index contributed by atoms with van der Waals surface area (Å²) in [6.45, 7) is 2.32. The molecule has 2 rings (SSSR count). The van der Waals surface area contributed by atoms with E-state index in [9.17, 15) is 10.1 Å². The molecule has 19 heavy (non-hydrogen) atoms. The van der Waals surface area contributed by atoms with Gasteiger partial charge in [-0.2, -0.15) is 0 Å². The van der Waals surface area contributed by atoms with Gasteiger partial charge in [0, 0.05) is 18.2 Å². The Balaban J connectivity index is 2.13. The summed E-state index contributed by atoms with van der Waals surface area (Å²) in [5, 5.41) is 14.5. The van der Waals surface area contributed by atoms with Crippen molar-refractivity contribution in [2.24, 2.45) is 0 Å². The molecule has 2 aromatic rings. The number of hydrogen-bond acceptors (Lipinski definition) is 6. The number of nitro groups is 1. The Morgan fingerprint density at radius 2 is 2.21 bits per heavy atom. The van der Waals surface area contributed by atoms with E-state index in [2.05, 4.69) is 9.68 Å². The molecule has 0 spiro atoms. The molecule has 1 aromatic heterocycles. The van der Waals surface area contributed by atoms with Crippen LogP contribution in [0.3, 0.4) is 0 Å². The molecule has 0 saturated heterocycles. The smallest absolute Gasteiger partial charge is 0.311 e. The molecule has 1 heterocycles. The lowest BCUT2D eigenvalue weighted by atomic mass is 10.3. The van der Waals surface area contributed by atoms with Gasteiger partial charge in [0.1, 0.15) is 24.3 Å². The van der Waals surface area contributed by atoms with Crippen molar-refractivity contribution < 1.29 is 18.9 Å². The molecule has 0 unspecified atom stereocenters. The first-order chi connectivity index (χ1) is 9.20. The number of ether oxygens (including phenoxy) is 2. The van der Waals surface area contributed by atoms with Crippen LogP contribution >= 0.6 is 0 Å². The van der Waals surface area contributed by atoms with Crippen molar-refractivity contribution in [1.82, 2.24) is 5.16 Å². The SMILES string of the molecule is CCOc1cc(OCc2ccon2)ccc1[N+](=O)[O-]. The number of nitro benzene ring substituents is 1. The van der Waals surface area contributed by atoms with Gasteiger partial charge in [-0.05, 0) is 13.0 Å². The standard InChI is InChI=1S/C12H12N2O5/c1-2-17-12-7-10(3-4-11(12)14(15)16)18-8-9-5-6-19-13-9/h3-7H,2,8H2,1H3. The van der Waals surface area contributed by atoms with Crippen LogP contribution in [0.5, 0.6) is 11.5 Å². The molecule has 0 saturated carbocycles. The monoisotopic (exact) mass is 264 g/mol. The summed E-state index contributed by atoms with van der Waals surface area (Å²) in [5.74, 6) is 0.655. The average molecular weight is 264 g/mol. The van der Waals surface area contributed by atoms with E-state index in [0.29, 0.717) is 18.1 Å². The second-order valence-electron chi connectivity index (χ2n) is 3.60. The lowest BCUT2D eigenvalue weighted by Gasteiger charge is -2.07. The van der Waals surface area contributed by atoms with E-state index in [1.165, 1.54) is 24.5 Å². The molecular formula is C12H12N2O5. The normalized spacial score (nSPS) is 10.2. The third kappa shape index (κ3) is 3.21. The third-order valence-corrected chi connectivity index (χ3v) is 2.31. The van der Waals surface area contributed by atoms with Crippen molar-refractivity contribution in [3.8, 4) is 11.5 Å². The van der Waals surface area contributed by atoms with Crippen molar-refractivity contribution in [1.29, 1.82) is 0 Å². The molecule has 0 radical (unpaired) electrons. The number of aromatic nitrogens is 1. The van der Waals surface area contributed by atoms with E-state index in [1.807, 2.05) is 0 Å². The van der Waals surface area contributed by atoms with Gasteiger partial charge in [0.2, 0.25) is 5.75 Å². The molecule has 7 heteroatoms. The number of benzene rings is 1. The van der Waals surface area contributed by atoms with Crippen LogP contribution in [-0.4, -0.2) is 16.7 Å². The van der Waals surface area contributed by atoms with Crippen molar-refractivity contribution >= 4 is 5.69 Å². The molecule has 0 N–H and O–H groups in total. The summed E-state index contributed by atoms with van der Waals surface area (Å²) in [6, 6.07) is 6.03. The Hall–Kier alpha value is -2.57.